The zero-order valence-corrected chi connectivity index (χ0v) is 19.0. The molecule has 0 radical (unpaired) electrons. The van der Waals surface area contributed by atoms with Gasteiger partial charge in [0, 0.05) is 12.5 Å². The minimum absolute atomic E-state index is 0.0639. The van der Waals surface area contributed by atoms with Crippen LogP contribution >= 0.6 is 0 Å². The highest BCUT2D eigenvalue weighted by Gasteiger charge is 2.22. The Labute approximate surface area is 195 Å². The number of methoxy groups -OCH3 is 1. The third-order valence-electron chi connectivity index (χ3n) is 4.73. The van der Waals surface area contributed by atoms with E-state index in [0.29, 0.717) is 17.9 Å². The Bertz CT molecular complexity index is 1230. The molecule has 1 heterocycles. The third kappa shape index (κ3) is 6.80. The van der Waals surface area contributed by atoms with Crippen molar-refractivity contribution in [2.24, 2.45) is 0 Å². The van der Waals surface area contributed by atoms with Crippen molar-refractivity contribution in [1.82, 2.24) is 4.72 Å². The Balaban J connectivity index is 1.55. The first-order chi connectivity index (χ1) is 16.3. The van der Waals surface area contributed by atoms with Crippen molar-refractivity contribution in [2.45, 2.75) is 17.9 Å². The monoisotopic (exact) mass is 489 g/mol. The zero-order valence-electron chi connectivity index (χ0n) is 18.2. The quantitative estimate of drug-likeness (QED) is 0.222. The number of nitro benzene ring substituents is 1. The number of carbonyl (C=O) groups is 1. The van der Waals surface area contributed by atoms with E-state index in [4.69, 9.17) is 13.9 Å². The summed E-state index contributed by atoms with van der Waals surface area (Å²) in [5.74, 6) is 0.484. The van der Waals surface area contributed by atoms with Gasteiger partial charge in [0.15, 0.2) is 0 Å². The zero-order chi connectivity index (χ0) is 24.6. The van der Waals surface area contributed by atoms with Crippen molar-refractivity contribution in [2.75, 3.05) is 25.6 Å². The fourth-order valence-electron chi connectivity index (χ4n) is 2.94. The Hall–Kier alpha value is -3.90. The fraction of sp³-hybridized carbons (Fsp3) is 0.227. The molecule has 0 unspecified atom stereocenters. The van der Waals surface area contributed by atoms with Crippen molar-refractivity contribution in [1.29, 1.82) is 0 Å². The number of anilines is 1. The van der Waals surface area contributed by atoms with Crippen LogP contribution in [0.4, 0.5) is 11.4 Å². The molecule has 2 N–H and O–H groups in total. The van der Waals surface area contributed by atoms with Gasteiger partial charge in [0.25, 0.3) is 5.69 Å². The Morgan fingerprint density at radius 3 is 2.56 bits per heavy atom. The van der Waals surface area contributed by atoms with Crippen LogP contribution in [0.3, 0.4) is 0 Å². The number of sulfonamides is 1. The van der Waals surface area contributed by atoms with Gasteiger partial charge in [-0.05, 0) is 42.0 Å². The van der Waals surface area contributed by atoms with E-state index in [2.05, 4.69) is 10.0 Å². The highest BCUT2D eigenvalue weighted by atomic mass is 32.2. The van der Waals surface area contributed by atoms with Crippen molar-refractivity contribution in [3.63, 3.8) is 0 Å². The molecule has 12 heteroatoms. The SMILES string of the molecule is COc1ccc(CCOC(=O)CNS(=O)(=O)c2ccc(NCc3ccco3)c([N+](=O)[O-])c2)cc1. The molecule has 0 aliphatic rings. The van der Waals surface area contributed by atoms with Crippen LogP contribution in [0.15, 0.2) is 70.2 Å². The summed E-state index contributed by atoms with van der Waals surface area (Å²) in [4.78, 5) is 22.3. The lowest BCUT2D eigenvalue weighted by atomic mass is 10.1. The average molecular weight is 490 g/mol. The number of ether oxygens (including phenoxy) is 2. The number of nitro groups is 1. The lowest BCUT2D eigenvalue weighted by Gasteiger charge is -2.10. The van der Waals surface area contributed by atoms with Gasteiger partial charge in [-0.25, -0.2) is 8.42 Å². The van der Waals surface area contributed by atoms with E-state index in [1.165, 1.54) is 18.4 Å². The lowest BCUT2D eigenvalue weighted by molar-refractivity contribution is -0.384. The summed E-state index contributed by atoms with van der Waals surface area (Å²) in [6.45, 7) is -0.369. The molecule has 180 valence electrons. The number of furan rings is 1. The molecule has 1 aromatic heterocycles. The minimum atomic E-state index is -4.19. The van der Waals surface area contributed by atoms with Gasteiger partial charge >= 0.3 is 5.97 Å². The summed E-state index contributed by atoms with van der Waals surface area (Å²) in [6.07, 6.45) is 1.91. The highest BCUT2D eigenvalue weighted by molar-refractivity contribution is 7.89. The van der Waals surface area contributed by atoms with Crippen molar-refractivity contribution in [3.05, 3.63) is 82.3 Å². The van der Waals surface area contributed by atoms with Gasteiger partial charge in [-0.3, -0.25) is 14.9 Å². The molecule has 0 spiro atoms. The van der Waals surface area contributed by atoms with Crippen LogP contribution in [0.5, 0.6) is 5.75 Å². The Kier molecular flexibility index (Phi) is 8.22. The molecule has 3 rings (SSSR count). The van der Waals surface area contributed by atoms with Crippen LogP contribution in [0.2, 0.25) is 0 Å². The summed E-state index contributed by atoms with van der Waals surface area (Å²) in [5, 5.41) is 14.3. The summed E-state index contributed by atoms with van der Waals surface area (Å²) < 4.78 is 42.5. The molecule has 0 amide bonds. The topological polar surface area (TPSA) is 150 Å². The van der Waals surface area contributed by atoms with Gasteiger partial charge in [-0.15, -0.1) is 0 Å². The van der Waals surface area contributed by atoms with Crippen molar-refractivity contribution in [3.8, 4) is 5.75 Å². The summed E-state index contributed by atoms with van der Waals surface area (Å²) in [5.41, 5.74) is 0.608. The molecule has 0 saturated heterocycles. The molecular weight excluding hydrogens is 466 g/mol. The Morgan fingerprint density at radius 1 is 1.15 bits per heavy atom. The van der Waals surface area contributed by atoms with Crippen molar-refractivity contribution >= 4 is 27.4 Å². The summed E-state index contributed by atoms with van der Waals surface area (Å²) in [7, 11) is -2.63. The van der Waals surface area contributed by atoms with Gasteiger partial charge < -0.3 is 19.2 Å². The predicted molar refractivity (Wildman–Crippen MR) is 122 cm³/mol. The third-order valence-corrected chi connectivity index (χ3v) is 6.13. The van der Waals surface area contributed by atoms with Gasteiger partial charge in [-0.2, -0.15) is 4.72 Å². The number of nitrogens with one attached hydrogen (secondary N) is 2. The van der Waals surface area contributed by atoms with Gasteiger partial charge in [0.05, 0.1) is 36.3 Å². The highest BCUT2D eigenvalue weighted by Crippen LogP contribution is 2.28. The maximum absolute atomic E-state index is 12.5. The van der Waals surface area contributed by atoms with E-state index in [1.807, 2.05) is 12.1 Å². The van der Waals surface area contributed by atoms with Crippen LogP contribution in [-0.2, 0) is 32.5 Å². The second-order valence-electron chi connectivity index (χ2n) is 7.01. The smallest absolute Gasteiger partial charge is 0.321 e. The van der Waals surface area contributed by atoms with Crippen LogP contribution in [0.1, 0.15) is 11.3 Å². The molecule has 2 aromatic carbocycles. The van der Waals surface area contributed by atoms with Crippen molar-refractivity contribution < 1.29 is 32.0 Å². The number of rotatable bonds is 12. The first-order valence-electron chi connectivity index (χ1n) is 10.1. The molecule has 0 bridgehead atoms. The van der Waals surface area contributed by atoms with Crippen LogP contribution in [0.25, 0.3) is 0 Å². The number of esters is 1. The molecule has 3 aromatic rings. The molecule has 0 fully saturated rings. The van der Waals surface area contributed by atoms with E-state index in [-0.39, 0.29) is 23.7 Å². The van der Waals surface area contributed by atoms with Gasteiger partial charge in [-0.1, -0.05) is 12.1 Å². The maximum Gasteiger partial charge on any atom is 0.321 e. The van der Waals surface area contributed by atoms with Gasteiger partial charge in [0.1, 0.15) is 23.7 Å². The number of hydrogen-bond acceptors (Lipinski definition) is 9. The standard InChI is InChI=1S/C22H23N3O8S/c1-31-17-6-4-16(5-7-17)10-12-33-22(26)15-24-34(29,30)19-8-9-20(21(13-19)25(27)28)23-14-18-3-2-11-32-18/h2-9,11,13,23-24H,10,12,14-15H2,1H3. The lowest BCUT2D eigenvalue weighted by Crippen LogP contribution is -2.31. The maximum atomic E-state index is 12.5. The number of nitrogens with zero attached hydrogens (tertiary/aromatic N) is 1. The van der Waals surface area contributed by atoms with E-state index in [0.717, 1.165) is 11.6 Å². The van der Waals surface area contributed by atoms with E-state index < -0.39 is 33.1 Å². The van der Waals surface area contributed by atoms with Crippen LogP contribution in [-0.4, -0.2) is 39.6 Å². The van der Waals surface area contributed by atoms with Crippen LogP contribution in [0, 0.1) is 10.1 Å². The van der Waals surface area contributed by atoms with Crippen LogP contribution < -0.4 is 14.8 Å². The summed E-state index contributed by atoms with van der Waals surface area (Å²) in [6, 6.07) is 14.0. The second-order valence-corrected chi connectivity index (χ2v) is 8.78. The summed E-state index contributed by atoms with van der Waals surface area (Å²) >= 11 is 0. The van der Waals surface area contributed by atoms with E-state index in [9.17, 15) is 23.3 Å². The average Bonchev–Trinajstić information content (AvgIpc) is 3.35. The largest absolute Gasteiger partial charge is 0.497 e. The molecular formula is C22H23N3O8S. The minimum Gasteiger partial charge on any atom is -0.497 e. The second kappa shape index (κ2) is 11.3. The van der Waals surface area contributed by atoms with E-state index in [1.54, 1.807) is 31.4 Å². The molecule has 0 saturated carbocycles. The predicted octanol–water partition coefficient (Wildman–Crippen LogP) is 2.87. The fourth-order valence-corrected chi connectivity index (χ4v) is 3.93. The normalized spacial score (nSPS) is 11.1. The molecule has 11 nitrogen and oxygen atoms in total. The number of carbonyl (C=O) groups excluding carboxylic acids is 1. The molecule has 0 aliphatic heterocycles. The molecule has 0 aliphatic carbocycles. The number of benzene rings is 2. The molecule has 0 atom stereocenters. The first-order valence-corrected chi connectivity index (χ1v) is 11.6. The molecule has 34 heavy (non-hydrogen) atoms. The van der Waals surface area contributed by atoms with Gasteiger partial charge in [0.2, 0.25) is 10.0 Å². The first kappa shape index (κ1) is 24.7. The number of hydrogen-bond donors (Lipinski definition) is 2. The van der Waals surface area contributed by atoms with E-state index >= 15 is 0 Å². The Morgan fingerprint density at radius 2 is 1.91 bits per heavy atom.